The van der Waals surface area contributed by atoms with Gasteiger partial charge in [0.15, 0.2) is 0 Å². The van der Waals surface area contributed by atoms with E-state index >= 15 is 0 Å². The highest BCUT2D eigenvalue weighted by Crippen LogP contribution is 2.33. The molecule has 3 heteroatoms. The predicted molar refractivity (Wildman–Crippen MR) is 48.0 cm³/mol. The van der Waals surface area contributed by atoms with Crippen LogP contribution in [0, 0.1) is 5.92 Å². The van der Waals surface area contributed by atoms with E-state index in [-0.39, 0.29) is 6.10 Å². The van der Waals surface area contributed by atoms with Crippen molar-refractivity contribution in [3.8, 4) is 0 Å². The topological polar surface area (TPSA) is 58.6 Å². The molecule has 3 atom stereocenters. The van der Waals surface area contributed by atoms with Gasteiger partial charge in [-0.05, 0) is 31.6 Å². The summed E-state index contributed by atoms with van der Waals surface area (Å²) in [5.41, 5.74) is 5.66. The van der Waals surface area contributed by atoms with Gasteiger partial charge in [-0.3, -0.25) is 4.99 Å². The second-order valence-corrected chi connectivity index (χ2v) is 3.95. The van der Waals surface area contributed by atoms with Gasteiger partial charge in [0.05, 0.1) is 18.0 Å². The molecule has 12 heavy (non-hydrogen) atoms. The Labute approximate surface area is 72.7 Å². The standard InChI is InChI=1S/C9H16N2O/c10-9-4-1-6-5-7(12)2-3-8(6)11-9/h6-8,12H,1-5H2,(H2,10,11)/t6?,7-,8?/m0/s1. The largest absolute Gasteiger partial charge is 0.393 e. The maximum absolute atomic E-state index is 9.43. The van der Waals surface area contributed by atoms with Crippen molar-refractivity contribution in [1.29, 1.82) is 0 Å². The van der Waals surface area contributed by atoms with Crippen molar-refractivity contribution < 1.29 is 5.11 Å². The van der Waals surface area contributed by atoms with Crippen LogP contribution >= 0.6 is 0 Å². The summed E-state index contributed by atoms with van der Waals surface area (Å²) in [6.45, 7) is 0. The summed E-state index contributed by atoms with van der Waals surface area (Å²) in [7, 11) is 0. The molecule has 0 radical (unpaired) electrons. The second kappa shape index (κ2) is 3.05. The van der Waals surface area contributed by atoms with Crippen LogP contribution in [0.5, 0.6) is 0 Å². The van der Waals surface area contributed by atoms with E-state index < -0.39 is 0 Å². The first kappa shape index (κ1) is 8.05. The van der Waals surface area contributed by atoms with Gasteiger partial charge in [0.2, 0.25) is 0 Å². The van der Waals surface area contributed by atoms with E-state index in [2.05, 4.69) is 4.99 Å². The molecular weight excluding hydrogens is 152 g/mol. The number of nitrogens with zero attached hydrogens (tertiary/aromatic N) is 1. The summed E-state index contributed by atoms with van der Waals surface area (Å²) < 4.78 is 0. The molecule has 2 rings (SSSR count). The van der Waals surface area contributed by atoms with Crippen molar-refractivity contribution in [2.75, 3.05) is 0 Å². The van der Waals surface area contributed by atoms with Crippen LogP contribution in [-0.4, -0.2) is 23.1 Å². The van der Waals surface area contributed by atoms with E-state index in [9.17, 15) is 5.11 Å². The van der Waals surface area contributed by atoms with Crippen LogP contribution in [0.4, 0.5) is 0 Å². The molecular formula is C9H16N2O. The van der Waals surface area contributed by atoms with Crippen LogP contribution in [0.2, 0.25) is 0 Å². The van der Waals surface area contributed by atoms with Crippen molar-refractivity contribution >= 4 is 5.84 Å². The lowest BCUT2D eigenvalue weighted by molar-refractivity contribution is 0.0862. The molecule has 0 bridgehead atoms. The van der Waals surface area contributed by atoms with E-state index in [0.29, 0.717) is 12.0 Å². The molecule has 1 heterocycles. The number of fused-ring (bicyclic) bond motifs is 1. The Kier molecular flexibility index (Phi) is 2.05. The molecule has 2 unspecified atom stereocenters. The normalized spacial score (nSPS) is 41.8. The Morgan fingerprint density at radius 2 is 2.17 bits per heavy atom. The zero-order valence-electron chi connectivity index (χ0n) is 7.24. The molecule has 0 aromatic heterocycles. The molecule has 2 aliphatic rings. The first-order chi connectivity index (χ1) is 5.75. The Morgan fingerprint density at radius 1 is 1.33 bits per heavy atom. The van der Waals surface area contributed by atoms with E-state index in [1.807, 2.05) is 0 Å². The number of aliphatic hydroxyl groups excluding tert-OH is 1. The minimum absolute atomic E-state index is 0.0826. The Hall–Kier alpha value is -0.570. The van der Waals surface area contributed by atoms with Crippen molar-refractivity contribution in [2.24, 2.45) is 16.6 Å². The molecule has 3 N–H and O–H groups in total. The molecule has 0 aromatic rings. The number of amidine groups is 1. The van der Waals surface area contributed by atoms with Crippen LogP contribution in [0.25, 0.3) is 0 Å². The summed E-state index contributed by atoms with van der Waals surface area (Å²) in [5.74, 6) is 1.41. The van der Waals surface area contributed by atoms with Crippen molar-refractivity contribution in [3.63, 3.8) is 0 Å². The fourth-order valence-electron chi connectivity index (χ4n) is 2.31. The fourth-order valence-corrected chi connectivity index (χ4v) is 2.31. The van der Waals surface area contributed by atoms with Gasteiger partial charge in [-0.15, -0.1) is 0 Å². The highest BCUT2D eigenvalue weighted by atomic mass is 16.3. The minimum atomic E-state index is -0.0826. The third-order valence-electron chi connectivity index (χ3n) is 3.02. The molecule has 1 saturated carbocycles. The lowest BCUT2D eigenvalue weighted by atomic mass is 9.79. The van der Waals surface area contributed by atoms with Crippen LogP contribution in [0.15, 0.2) is 4.99 Å². The van der Waals surface area contributed by atoms with Gasteiger partial charge < -0.3 is 10.8 Å². The highest BCUT2D eigenvalue weighted by molar-refractivity contribution is 5.81. The SMILES string of the molecule is NC1=NC2CC[C@H](O)CC2CC1. The van der Waals surface area contributed by atoms with Crippen LogP contribution in [0.1, 0.15) is 32.1 Å². The molecule has 0 spiro atoms. The molecule has 1 aliphatic heterocycles. The van der Waals surface area contributed by atoms with E-state index in [1.54, 1.807) is 0 Å². The number of aliphatic hydroxyl groups is 1. The molecule has 0 amide bonds. The summed E-state index contributed by atoms with van der Waals surface area (Å²) in [6, 6.07) is 0.419. The monoisotopic (exact) mass is 168 g/mol. The van der Waals surface area contributed by atoms with Crippen LogP contribution < -0.4 is 5.73 Å². The molecule has 1 fully saturated rings. The zero-order valence-corrected chi connectivity index (χ0v) is 7.24. The number of nitrogens with two attached hydrogens (primary N) is 1. The maximum Gasteiger partial charge on any atom is 0.0940 e. The molecule has 68 valence electrons. The first-order valence-corrected chi connectivity index (χ1v) is 4.76. The lowest BCUT2D eigenvalue weighted by Crippen LogP contribution is -2.36. The highest BCUT2D eigenvalue weighted by Gasteiger charge is 2.31. The Bertz CT molecular complexity index is 203. The van der Waals surface area contributed by atoms with Crippen LogP contribution in [0.3, 0.4) is 0 Å². The quantitative estimate of drug-likeness (QED) is 0.558. The molecule has 1 aliphatic carbocycles. The Balaban J connectivity index is 2.05. The number of aliphatic imine (C=N–C) groups is 1. The molecule has 0 aromatic carbocycles. The number of hydrogen-bond acceptors (Lipinski definition) is 3. The summed E-state index contributed by atoms with van der Waals surface area (Å²) >= 11 is 0. The van der Waals surface area contributed by atoms with Crippen molar-refractivity contribution in [3.05, 3.63) is 0 Å². The predicted octanol–water partition coefficient (Wildman–Crippen LogP) is 0.667. The maximum atomic E-state index is 9.43. The fraction of sp³-hybridized carbons (Fsp3) is 0.889. The van der Waals surface area contributed by atoms with Crippen molar-refractivity contribution in [2.45, 2.75) is 44.2 Å². The Morgan fingerprint density at radius 3 is 3.00 bits per heavy atom. The van der Waals surface area contributed by atoms with E-state index in [4.69, 9.17) is 5.73 Å². The van der Waals surface area contributed by atoms with Gasteiger partial charge in [0.25, 0.3) is 0 Å². The summed E-state index contributed by atoms with van der Waals surface area (Å²) in [4.78, 5) is 4.42. The van der Waals surface area contributed by atoms with Gasteiger partial charge in [-0.25, -0.2) is 0 Å². The van der Waals surface area contributed by atoms with E-state index in [0.717, 1.165) is 37.9 Å². The smallest absolute Gasteiger partial charge is 0.0940 e. The summed E-state index contributed by atoms with van der Waals surface area (Å²) in [5, 5.41) is 9.43. The number of hydrogen-bond donors (Lipinski definition) is 2. The second-order valence-electron chi connectivity index (χ2n) is 3.95. The van der Waals surface area contributed by atoms with E-state index in [1.165, 1.54) is 0 Å². The van der Waals surface area contributed by atoms with Gasteiger partial charge in [0.1, 0.15) is 0 Å². The minimum Gasteiger partial charge on any atom is -0.393 e. The average molecular weight is 168 g/mol. The van der Waals surface area contributed by atoms with Gasteiger partial charge in [0, 0.05) is 6.42 Å². The molecule has 0 saturated heterocycles. The van der Waals surface area contributed by atoms with Crippen molar-refractivity contribution in [1.82, 2.24) is 0 Å². The van der Waals surface area contributed by atoms with Crippen LogP contribution in [-0.2, 0) is 0 Å². The van der Waals surface area contributed by atoms with Gasteiger partial charge in [-0.1, -0.05) is 0 Å². The first-order valence-electron chi connectivity index (χ1n) is 4.76. The summed E-state index contributed by atoms with van der Waals surface area (Å²) in [6.07, 6.45) is 4.82. The third kappa shape index (κ3) is 1.46. The van der Waals surface area contributed by atoms with Gasteiger partial charge >= 0.3 is 0 Å². The third-order valence-corrected chi connectivity index (χ3v) is 3.02. The average Bonchev–Trinajstić information content (AvgIpc) is 2.05. The zero-order chi connectivity index (χ0) is 8.55. The lowest BCUT2D eigenvalue weighted by Gasteiger charge is -2.34. The van der Waals surface area contributed by atoms with Gasteiger partial charge in [-0.2, -0.15) is 0 Å². The number of rotatable bonds is 0. The molecule has 3 nitrogen and oxygen atoms in total.